The van der Waals surface area contributed by atoms with E-state index in [1.807, 2.05) is 34.3 Å². The molecule has 0 atom stereocenters. The van der Waals surface area contributed by atoms with E-state index in [-0.39, 0.29) is 12.3 Å². The minimum absolute atomic E-state index is 0.0333. The second kappa shape index (κ2) is 7.29. The molecule has 0 aliphatic rings. The molecule has 1 aromatic carbocycles. The zero-order valence-electron chi connectivity index (χ0n) is 14.7. The minimum Gasteiger partial charge on any atom is -0.481 e. The first-order chi connectivity index (χ1) is 12.5. The summed E-state index contributed by atoms with van der Waals surface area (Å²) in [5.41, 5.74) is 1.47. The zero-order valence-corrected chi connectivity index (χ0v) is 15.5. The highest BCUT2D eigenvalue weighted by molar-refractivity contribution is 7.15. The lowest BCUT2D eigenvalue weighted by Crippen LogP contribution is -2.34. The number of nitrogens with zero attached hydrogens (tertiary/aromatic N) is 2. The summed E-state index contributed by atoms with van der Waals surface area (Å²) >= 11 is 1.57. The predicted molar refractivity (Wildman–Crippen MR) is 102 cm³/mol. The molecule has 7 heteroatoms. The molecule has 26 heavy (non-hydrogen) atoms. The van der Waals surface area contributed by atoms with Gasteiger partial charge in [0, 0.05) is 35.4 Å². The van der Waals surface area contributed by atoms with Gasteiger partial charge in [0.1, 0.15) is 0 Å². The molecule has 0 unspecified atom stereocenters. The van der Waals surface area contributed by atoms with Crippen LogP contribution >= 0.6 is 11.3 Å². The van der Waals surface area contributed by atoms with Crippen molar-refractivity contribution in [3.8, 4) is 11.3 Å². The van der Waals surface area contributed by atoms with E-state index in [9.17, 15) is 14.7 Å². The maximum absolute atomic E-state index is 12.3. The number of benzene rings is 1. The van der Waals surface area contributed by atoms with Crippen LogP contribution < -0.4 is 5.32 Å². The number of rotatable bonds is 7. The third kappa shape index (κ3) is 3.48. The van der Waals surface area contributed by atoms with Crippen molar-refractivity contribution < 1.29 is 14.7 Å². The van der Waals surface area contributed by atoms with Crippen LogP contribution in [0.2, 0.25) is 0 Å². The first kappa shape index (κ1) is 18.1. The number of carboxylic acid groups (broad SMARTS) is 1. The number of fused-ring (bicyclic) bond motifs is 1. The van der Waals surface area contributed by atoms with Gasteiger partial charge in [0.05, 0.1) is 11.1 Å². The Morgan fingerprint density at radius 3 is 2.50 bits per heavy atom. The maximum Gasteiger partial charge on any atom is 0.310 e. The molecule has 1 amide bonds. The van der Waals surface area contributed by atoms with Gasteiger partial charge in [-0.05, 0) is 25.0 Å². The van der Waals surface area contributed by atoms with Gasteiger partial charge in [-0.25, -0.2) is 4.98 Å². The molecule has 3 rings (SSSR count). The fraction of sp³-hybridized carbons (Fsp3) is 0.316. The van der Waals surface area contributed by atoms with Crippen LogP contribution in [0.1, 0.15) is 33.1 Å². The Balaban J connectivity index is 1.69. The van der Waals surface area contributed by atoms with Gasteiger partial charge in [-0.2, -0.15) is 0 Å². The van der Waals surface area contributed by atoms with E-state index in [4.69, 9.17) is 0 Å². The Morgan fingerprint density at radius 1 is 1.23 bits per heavy atom. The Labute approximate surface area is 155 Å². The van der Waals surface area contributed by atoms with Crippen LogP contribution in [0.4, 0.5) is 5.69 Å². The number of hydrogen-bond donors (Lipinski definition) is 2. The number of thiazole rings is 1. The van der Waals surface area contributed by atoms with Crippen LogP contribution in [0.15, 0.2) is 42.0 Å². The lowest BCUT2D eigenvalue weighted by atomic mass is 9.79. The number of anilines is 1. The second-order valence-electron chi connectivity index (χ2n) is 6.31. The van der Waals surface area contributed by atoms with Crippen LogP contribution in [-0.4, -0.2) is 26.4 Å². The summed E-state index contributed by atoms with van der Waals surface area (Å²) in [6.45, 7) is 3.60. The number of carboxylic acids is 1. The number of aliphatic carboxylic acids is 1. The van der Waals surface area contributed by atoms with Crippen molar-refractivity contribution >= 4 is 33.9 Å². The van der Waals surface area contributed by atoms with Crippen LogP contribution in [0, 0.1) is 5.41 Å². The van der Waals surface area contributed by atoms with Crippen LogP contribution in [0.5, 0.6) is 0 Å². The third-order valence-corrected chi connectivity index (χ3v) is 5.63. The molecule has 2 aromatic heterocycles. The summed E-state index contributed by atoms with van der Waals surface area (Å²) in [6, 6.07) is 7.40. The quantitative estimate of drug-likeness (QED) is 0.649. The Hall–Kier alpha value is -2.67. The Morgan fingerprint density at radius 2 is 1.92 bits per heavy atom. The SMILES string of the molecule is CCC(CC)(CC(=O)Nc1ccc(-c2cn3ccsc3n2)cc1)C(=O)O. The van der Waals surface area contributed by atoms with E-state index in [0.717, 1.165) is 16.2 Å². The van der Waals surface area contributed by atoms with Crippen LogP contribution in [0.25, 0.3) is 16.2 Å². The number of aromatic nitrogens is 2. The van der Waals surface area contributed by atoms with Crippen molar-refractivity contribution in [2.75, 3.05) is 5.32 Å². The summed E-state index contributed by atoms with van der Waals surface area (Å²) in [5.74, 6) is -1.21. The first-order valence-electron chi connectivity index (χ1n) is 8.53. The van der Waals surface area contributed by atoms with Gasteiger partial charge in [0.15, 0.2) is 4.96 Å². The van der Waals surface area contributed by atoms with Gasteiger partial charge >= 0.3 is 5.97 Å². The summed E-state index contributed by atoms with van der Waals surface area (Å²) in [4.78, 5) is 29.3. The van der Waals surface area contributed by atoms with Gasteiger partial charge in [0.25, 0.3) is 0 Å². The molecule has 3 aromatic rings. The number of carbonyl (C=O) groups excluding carboxylic acids is 1. The third-order valence-electron chi connectivity index (χ3n) is 4.86. The number of carbonyl (C=O) groups is 2. The molecule has 136 valence electrons. The molecule has 0 saturated heterocycles. The van der Waals surface area contributed by atoms with Crippen molar-refractivity contribution in [1.82, 2.24) is 9.38 Å². The van der Waals surface area contributed by atoms with Crippen molar-refractivity contribution in [3.63, 3.8) is 0 Å². The first-order valence-corrected chi connectivity index (χ1v) is 9.41. The topological polar surface area (TPSA) is 83.7 Å². The van der Waals surface area contributed by atoms with Crippen molar-refractivity contribution in [1.29, 1.82) is 0 Å². The van der Waals surface area contributed by atoms with E-state index in [0.29, 0.717) is 18.5 Å². The van der Waals surface area contributed by atoms with Gasteiger partial charge in [-0.3, -0.25) is 14.0 Å². The van der Waals surface area contributed by atoms with Crippen molar-refractivity contribution in [2.24, 2.45) is 5.41 Å². The molecular weight excluding hydrogens is 350 g/mol. The number of imidazole rings is 1. The van der Waals surface area contributed by atoms with Gasteiger partial charge in [-0.15, -0.1) is 11.3 Å². The highest BCUT2D eigenvalue weighted by atomic mass is 32.1. The smallest absolute Gasteiger partial charge is 0.310 e. The molecule has 0 aliphatic heterocycles. The van der Waals surface area contributed by atoms with E-state index in [1.165, 1.54) is 0 Å². The minimum atomic E-state index is -1.01. The van der Waals surface area contributed by atoms with Crippen LogP contribution in [-0.2, 0) is 9.59 Å². The molecule has 2 N–H and O–H groups in total. The molecular formula is C19H21N3O3S. The van der Waals surface area contributed by atoms with E-state index in [2.05, 4.69) is 10.3 Å². The number of hydrogen-bond acceptors (Lipinski definition) is 4. The number of amides is 1. The van der Waals surface area contributed by atoms with Crippen LogP contribution in [0.3, 0.4) is 0 Å². The Bertz CT molecular complexity index is 895. The summed E-state index contributed by atoms with van der Waals surface area (Å²) in [5, 5.41) is 14.2. The van der Waals surface area contributed by atoms with Gasteiger partial charge in [0.2, 0.25) is 5.91 Å². The molecule has 6 nitrogen and oxygen atoms in total. The molecule has 0 spiro atoms. The summed E-state index contributed by atoms with van der Waals surface area (Å²) in [6.07, 6.45) is 4.73. The maximum atomic E-state index is 12.3. The van der Waals surface area contributed by atoms with E-state index < -0.39 is 11.4 Å². The fourth-order valence-electron chi connectivity index (χ4n) is 2.98. The van der Waals surface area contributed by atoms with E-state index >= 15 is 0 Å². The monoisotopic (exact) mass is 371 g/mol. The number of nitrogens with one attached hydrogen (secondary N) is 1. The normalized spacial score (nSPS) is 11.6. The molecule has 0 fully saturated rings. The van der Waals surface area contributed by atoms with Crippen molar-refractivity contribution in [2.45, 2.75) is 33.1 Å². The summed E-state index contributed by atoms with van der Waals surface area (Å²) < 4.78 is 1.97. The highest BCUT2D eigenvalue weighted by Crippen LogP contribution is 2.31. The average Bonchev–Trinajstić information content (AvgIpc) is 3.22. The molecule has 0 aliphatic carbocycles. The van der Waals surface area contributed by atoms with Gasteiger partial charge < -0.3 is 10.4 Å². The molecule has 0 saturated carbocycles. The average molecular weight is 371 g/mol. The lowest BCUT2D eigenvalue weighted by molar-refractivity contribution is -0.151. The highest BCUT2D eigenvalue weighted by Gasteiger charge is 2.37. The Kier molecular flexibility index (Phi) is 5.08. The lowest BCUT2D eigenvalue weighted by Gasteiger charge is -2.25. The molecule has 2 heterocycles. The zero-order chi connectivity index (χ0) is 18.7. The van der Waals surface area contributed by atoms with Gasteiger partial charge in [-0.1, -0.05) is 26.0 Å². The predicted octanol–water partition coefficient (Wildman–Crippen LogP) is 4.28. The largest absolute Gasteiger partial charge is 0.481 e. The second-order valence-corrected chi connectivity index (χ2v) is 7.19. The standard InChI is InChI=1S/C19H21N3O3S/c1-3-19(4-2,17(24)25)11-16(23)20-14-7-5-13(6-8-14)15-12-22-9-10-26-18(22)21-15/h5-10,12H,3-4,11H2,1-2H3,(H,20,23)(H,24,25). The molecule has 0 bridgehead atoms. The summed E-state index contributed by atoms with van der Waals surface area (Å²) in [7, 11) is 0. The molecule has 0 radical (unpaired) electrons. The van der Waals surface area contributed by atoms with E-state index in [1.54, 1.807) is 37.3 Å². The fourth-order valence-corrected chi connectivity index (χ4v) is 3.68. The van der Waals surface area contributed by atoms with Crippen molar-refractivity contribution in [3.05, 3.63) is 42.0 Å².